The van der Waals surface area contributed by atoms with Crippen molar-refractivity contribution in [2.45, 2.75) is 194 Å². The molecule has 21 heteroatoms. The van der Waals surface area contributed by atoms with Crippen LogP contribution in [0.4, 0.5) is 19.7 Å². The highest BCUT2D eigenvalue weighted by Crippen LogP contribution is 2.43. The van der Waals surface area contributed by atoms with Gasteiger partial charge in [0.15, 0.2) is 5.78 Å². The highest BCUT2D eigenvalue weighted by atomic mass is 19.1. The van der Waals surface area contributed by atoms with Crippen LogP contribution < -0.4 is 20.9 Å². The molecule has 3 N–H and O–H groups in total. The van der Waals surface area contributed by atoms with Crippen molar-refractivity contribution >= 4 is 53.2 Å². The average molecular weight is 1300 g/mol. The van der Waals surface area contributed by atoms with Crippen LogP contribution in [0.15, 0.2) is 84.9 Å². The number of hydrogen-bond donors (Lipinski definition) is 3. The Labute approximate surface area is 553 Å². The number of anilines is 1. The third-order valence-electron chi connectivity index (χ3n) is 19.0. The van der Waals surface area contributed by atoms with Crippen LogP contribution in [0.5, 0.6) is 0 Å². The maximum Gasteiger partial charge on any atom is 0.410 e. The standard InChI is InChI=1S/C73H98FN9O11/c1-45-38-80(55(40-79-30-31-92-43-46(79)2)41-81(45)69(91)94-72(10,11)12)42-62(85)83-44-73(13,58-29-25-49(35-60(58)83)32-48-23-27-54(74)28-24-48)67(89)75-37-56(84)34-50-22-26-52-36-61(65(87)76-59-21-17-19-51-18-15-16-20-57(51)59)82(39-53(52)33-50)66(88)63(70(4,5)6)77-64(86)47(3)78(14)68(90)93-71(7,8)9/h15-16,18,20,22-29,33,35,45-47,55,59,61,63H,17,19,21,30-32,34,36-44H2,1-14H3,(H,75,89)(H,76,87)(H,77,86)/t45-,46-,47+,55+,59-,61+,63-,73?/m1/s1. The number of ether oxygens (including phenoxy) is 3. The number of hydrogen-bond acceptors (Lipinski definition) is 13. The zero-order valence-corrected chi connectivity index (χ0v) is 57.5. The monoisotopic (exact) mass is 1300 g/mol. The van der Waals surface area contributed by atoms with E-state index in [1.165, 1.54) is 29.0 Å². The van der Waals surface area contributed by atoms with Gasteiger partial charge in [0.2, 0.25) is 29.5 Å². The SMILES string of the molecule is C[C@@H]1COCCN1C[C@H]1CN(C(=O)OC(C)(C)C)[C@H](C)CN1CC(=O)N1CC(C)(C(=O)NCC(=O)Cc2ccc3c(c2)CN(C(=O)[C@@H](NC(=O)[C@H](C)N(C)C(=O)OC(C)(C)C)C(C)(C)C)[C@H](C(=O)N[C@@H]2CCCc4ccccc42)C3)c2ccc(Cc3ccc(F)cc3)cc21. The van der Waals surface area contributed by atoms with Gasteiger partial charge < -0.3 is 44.9 Å². The number of benzene rings is 4. The molecule has 4 aliphatic heterocycles. The van der Waals surface area contributed by atoms with E-state index in [-0.39, 0.29) is 86.6 Å². The zero-order valence-electron chi connectivity index (χ0n) is 57.5. The van der Waals surface area contributed by atoms with E-state index in [0.717, 1.165) is 47.1 Å². The fourth-order valence-corrected chi connectivity index (χ4v) is 13.5. The first-order chi connectivity index (χ1) is 44.2. The molecule has 5 aliphatic rings. The number of piperazine rings is 1. The van der Waals surface area contributed by atoms with Crippen molar-refractivity contribution in [1.82, 2.24) is 40.4 Å². The molecule has 4 aromatic carbocycles. The summed E-state index contributed by atoms with van der Waals surface area (Å²) < 4.78 is 31.2. The minimum Gasteiger partial charge on any atom is -0.444 e. The van der Waals surface area contributed by atoms with Gasteiger partial charge in [-0.15, -0.1) is 0 Å². The molecule has 0 aromatic heterocycles. The lowest BCUT2D eigenvalue weighted by molar-refractivity contribution is -0.147. The lowest BCUT2D eigenvalue weighted by atomic mass is 9.83. The molecule has 2 fully saturated rings. The molecule has 508 valence electrons. The van der Waals surface area contributed by atoms with Gasteiger partial charge in [-0.3, -0.25) is 43.5 Å². The Bertz CT molecular complexity index is 3490. The fourth-order valence-electron chi connectivity index (χ4n) is 13.5. The van der Waals surface area contributed by atoms with E-state index in [1.807, 2.05) is 103 Å². The van der Waals surface area contributed by atoms with Crippen LogP contribution in [0.3, 0.4) is 0 Å². The van der Waals surface area contributed by atoms with E-state index in [0.29, 0.717) is 68.2 Å². The molecule has 1 unspecified atom stereocenters. The third-order valence-corrected chi connectivity index (χ3v) is 19.0. The summed E-state index contributed by atoms with van der Waals surface area (Å²) in [5.41, 5.74) is 3.53. The molecule has 0 spiro atoms. The molecule has 20 nitrogen and oxygen atoms in total. The summed E-state index contributed by atoms with van der Waals surface area (Å²) in [6.07, 6.45) is 1.88. The number of likely N-dealkylation sites (N-methyl/N-ethyl adjacent to an activating group) is 1. The number of Topliss-reactive ketones (excluding diaryl/α,β-unsaturated/α-hetero) is 1. The zero-order chi connectivity index (χ0) is 68.4. The number of ketones is 1. The summed E-state index contributed by atoms with van der Waals surface area (Å²) in [5.74, 6) is -2.76. The van der Waals surface area contributed by atoms with E-state index in [1.54, 1.807) is 56.6 Å². The quantitative estimate of drug-likeness (QED) is 0.0909. The smallest absolute Gasteiger partial charge is 0.410 e. The minimum absolute atomic E-state index is 0.00799. The lowest BCUT2D eigenvalue weighted by Gasteiger charge is -2.47. The maximum absolute atomic E-state index is 15.3. The molecular weight excluding hydrogens is 1200 g/mol. The normalized spacial score (nSPS) is 22.4. The summed E-state index contributed by atoms with van der Waals surface area (Å²) in [7, 11) is 1.46. The molecule has 1 aliphatic carbocycles. The second kappa shape index (κ2) is 28.7. The first-order valence-electron chi connectivity index (χ1n) is 33.3. The van der Waals surface area contributed by atoms with Gasteiger partial charge in [-0.05, 0) is 163 Å². The Balaban J connectivity index is 0.933. The van der Waals surface area contributed by atoms with Crippen molar-refractivity contribution in [3.63, 3.8) is 0 Å². The number of carbonyl (C=O) groups is 8. The Morgan fingerprint density at radius 3 is 2.17 bits per heavy atom. The van der Waals surface area contributed by atoms with Gasteiger partial charge in [-0.1, -0.05) is 87.5 Å². The van der Waals surface area contributed by atoms with Gasteiger partial charge in [-0.25, -0.2) is 14.0 Å². The predicted molar refractivity (Wildman–Crippen MR) is 356 cm³/mol. The van der Waals surface area contributed by atoms with E-state index < -0.39 is 70.1 Å². The molecule has 4 heterocycles. The van der Waals surface area contributed by atoms with Crippen molar-refractivity contribution in [2.75, 3.05) is 71.0 Å². The molecule has 7 amide bonds. The van der Waals surface area contributed by atoms with Crippen LogP contribution >= 0.6 is 0 Å². The van der Waals surface area contributed by atoms with E-state index >= 15 is 9.59 Å². The number of rotatable bonds is 17. The van der Waals surface area contributed by atoms with Gasteiger partial charge >= 0.3 is 12.2 Å². The van der Waals surface area contributed by atoms with Gasteiger partial charge in [-0.2, -0.15) is 0 Å². The number of aryl methyl sites for hydroxylation is 1. The summed E-state index contributed by atoms with van der Waals surface area (Å²) in [4.78, 5) is 126. The van der Waals surface area contributed by atoms with Crippen LogP contribution in [0.1, 0.15) is 153 Å². The molecule has 94 heavy (non-hydrogen) atoms. The summed E-state index contributed by atoms with van der Waals surface area (Å²) in [6.45, 7) is 26.3. The molecule has 8 atom stereocenters. The van der Waals surface area contributed by atoms with E-state index in [9.17, 15) is 33.2 Å². The number of morpholine rings is 1. The molecule has 2 saturated heterocycles. The number of halogens is 1. The molecule has 4 aromatic rings. The highest BCUT2D eigenvalue weighted by Gasteiger charge is 2.49. The maximum atomic E-state index is 15.3. The van der Waals surface area contributed by atoms with Crippen LogP contribution in [0.2, 0.25) is 0 Å². The Morgan fingerprint density at radius 2 is 1.48 bits per heavy atom. The van der Waals surface area contributed by atoms with Crippen LogP contribution in [0, 0.1) is 11.2 Å². The van der Waals surface area contributed by atoms with Gasteiger partial charge in [0.05, 0.1) is 37.8 Å². The predicted octanol–water partition coefficient (Wildman–Crippen LogP) is 8.21. The first-order valence-corrected chi connectivity index (χ1v) is 33.3. The van der Waals surface area contributed by atoms with Crippen molar-refractivity contribution in [2.24, 2.45) is 5.41 Å². The van der Waals surface area contributed by atoms with Gasteiger partial charge in [0.25, 0.3) is 0 Å². The molecule has 0 saturated carbocycles. The number of fused-ring (bicyclic) bond motifs is 3. The molecule has 0 radical (unpaired) electrons. The summed E-state index contributed by atoms with van der Waals surface area (Å²) in [6, 6.07) is 21.7. The summed E-state index contributed by atoms with van der Waals surface area (Å²) in [5, 5.41) is 9.17. The Hall–Kier alpha value is -7.75. The second-order valence-corrected chi connectivity index (χ2v) is 29.9. The topological polar surface area (TPSA) is 220 Å². The van der Waals surface area contributed by atoms with Crippen LogP contribution in [-0.2, 0) is 80.6 Å². The van der Waals surface area contributed by atoms with Gasteiger partial charge in [0.1, 0.15) is 35.1 Å². The average Bonchev–Trinajstić information content (AvgIpc) is 1.56. The summed E-state index contributed by atoms with van der Waals surface area (Å²) >= 11 is 0. The van der Waals surface area contributed by atoms with Gasteiger partial charge in [0, 0.05) is 83.0 Å². The van der Waals surface area contributed by atoms with E-state index in [2.05, 4.69) is 38.7 Å². The van der Waals surface area contributed by atoms with Crippen LogP contribution in [-0.4, -0.2) is 186 Å². The Kier molecular flexibility index (Phi) is 21.5. The first kappa shape index (κ1) is 70.6. The Morgan fingerprint density at radius 1 is 0.787 bits per heavy atom. The van der Waals surface area contributed by atoms with E-state index in [4.69, 9.17) is 14.2 Å². The number of carbonyl (C=O) groups excluding carboxylic acids is 8. The highest BCUT2D eigenvalue weighted by molar-refractivity contribution is 6.04. The fraction of sp³-hybridized carbons (Fsp3) is 0.562. The number of nitrogens with one attached hydrogen (secondary N) is 3. The minimum atomic E-state index is -1.30. The number of amides is 7. The van der Waals surface area contributed by atoms with Crippen LogP contribution in [0.25, 0.3) is 0 Å². The van der Waals surface area contributed by atoms with Crippen molar-refractivity contribution < 1.29 is 57.0 Å². The molecule has 0 bridgehead atoms. The molecule has 9 rings (SSSR count). The van der Waals surface area contributed by atoms with Crippen molar-refractivity contribution in [3.05, 3.63) is 135 Å². The third kappa shape index (κ3) is 16.8. The van der Waals surface area contributed by atoms with Crippen molar-refractivity contribution in [3.8, 4) is 0 Å². The number of nitrogens with zero attached hydrogens (tertiary/aromatic N) is 6. The van der Waals surface area contributed by atoms with Crippen molar-refractivity contribution in [1.29, 1.82) is 0 Å². The molecular formula is C73H98FN9O11. The lowest BCUT2D eigenvalue weighted by Crippen LogP contribution is -2.64. The second-order valence-electron chi connectivity index (χ2n) is 29.9. The largest absolute Gasteiger partial charge is 0.444 e.